The van der Waals surface area contributed by atoms with E-state index in [2.05, 4.69) is 44.8 Å². The number of hydrogen-bond donors (Lipinski definition) is 0. The Balaban J connectivity index is 1.33. The zero-order valence-electron chi connectivity index (χ0n) is 14.5. The third kappa shape index (κ3) is 3.15. The summed E-state index contributed by atoms with van der Waals surface area (Å²) in [6, 6.07) is 4.16. The molecule has 2 saturated heterocycles. The standard InChI is InChI=1S/C18H26N6/c1-14(2)17-8-18(20-13-19-17)23-11-15-9-22(10-16(15)12-23)6-7-24-5-3-4-21-24/h3-5,8,13-16H,6-7,9-12H2,1-2H3. The number of aromatic nitrogens is 4. The van der Waals surface area contributed by atoms with Gasteiger partial charge in [0.2, 0.25) is 0 Å². The molecule has 2 aromatic rings. The van der Waals surface area contributed by atoms with Crippen LogP contribution in [0.25, 0.3) is 0 Å². The van der Waals surface area contributed by atoms with Crippen LogP contribution in [0.3, 0.4) is 0 Å². The molecule has 0 aromatic carbocycles. The second-order valence-electron chi connectivity index (χ2n) is 7.41. The molecule has 2 aliphatic heterocycles. The summed E-state index contributed by atoms with van der Waals surface area (Å²) in [7, 11) is 0. The van der Waals surface area contributed by atoms with Crippen molar-refractivity contribution in [3.63, 3.8) is 0 Å². The molecule has 2 unspecified atom stereocenters. The van der Waals surface area contributed by atoms with Crippen molar-refractivity contribution >= 4 is 5.82 Å². The highest BCUT2D eigenvalue weighted by molar-refractivity contribution is 5.41. The predicted octanol–water partition coefficient (Wildman–Crippen LogP) is 1.86. The number of rotatable bonds is 5. The Morgan fingerprint density at radius 1 is 1.08 bits per heavy atom. The normalized spacial score (nSPS) is 24.0. The van der Waals surface area contributed by atoms with Crippen LogP contribution in [0.2, 0.25) is 0 Å². The van der Waals surface area contributed by atoms with E-state index in [4.69, 9.17) is 0 Å². The van der Waals surface area contributed by atoms with Gasteiger partial charge in [-0.25, -0.2) is 9.97 Å². The fourth-order valence-electron chi connectivity index (χ4n) is 3.99. The van der Waals surface area contributed by atoms with Crippen molar-refractivity contribution in [3.05, 3.63) is 36.5 Å². The van der Waals surface area contributed by atoms with Gasteiger partial charge in [-0.2, -0.15) is 5.10 Å². The third-order valence-electron chi connectivity index (χ3n) is 5.36. The smallest absolute Gasteiger partial charge is 0.132 e. The molecular weight excluding hydrogens is 300 g/mol. The second kappa shape index (κ2) is 6.51. The van der Waals surface area contributed by atoms with Crippen LogP contribution in [0.1, 0.15) is 25.5 Å². The average Bonchev–Trinajstić information content (AvgIpc) is 3.29. The summed E-state index contributed by atoms with van der Waals surface area (Å²) in [5.41, 5.74) is 1.14. The van der Waals surface area contributed by atoms with E-state index in [1.807, 2.05) is 23.1 Å². The maximum absolute atomic E-state index is 4.51. The first-order valence-corrected chi connectivity index (χ1v) is 8.95. The first-order valence-electron chi connectivity index (χ1n) is 8.95. The van der Waals surface area contributed by atoms with Crippen molar-refractivity contribution in [3.8, 4) is 0 Å². The molecule has 0 aliphatic carbocycles. The van der Waals surface area contributed by atoms with E-state index in [1.165, 1.54) is 13.1 Å². The Morgan fingerprint density at radius 2 is 1.88 bits per heavy atom. The number of hydrogen-bond acceptors (Lipinski definition) is 5. The van der Waals surface area contributed by atoms with Crippen LogP contribution in [-0.2, 0) is 6.54 Å². The minimum Gasteiger partial charge on any atom is -0.356 e. The summed E-state index contributed by atoms with van der Waals surface area (Å²) >= 11 is 0. The molecule has 0 spiro atoms. The molecule has 6 heteroatoms. The van der Waals surface area contributed by atoms with Gasteiger partial charge in [-0.1, -0.05) is 13.8 Å². The molecule has 6 nitrogen and oxygen atoms in total. The van der Waals surface area contributed by atoms with Gasteiger partial charge in [0.25, 0.3) is 0 Å². The van der Waals surface area contributed by atoms with Crippen LogP contribution in [0.15, 0.2) is 30.9 Å². The average molecular weight is 326 g/mol. The highest BCUT2D eigenvalue weighted by atomic mass is 15.3. The molecule has 0 saturated carbocycles. The summed E-state index contributed by atoms with van der Waals surface area (Å²) in [4.78, 5) is 13.9. The summed E-state index contributed by atoms with van der Waals surface area (Å²) < 4.78 is 2.02. The van der Waals surface area contributed by atoms with E-state index in [1.54, 1.807) is 6.33 Å². The maximum atomic E-state index is 4.51. The predicted molar refractivity (Wildman–Crippen MR) is 94.0 cm³/mol. The molecule has 0 bridgehead atoms. The Bertz CT molecular complexity index is 654. The van der Waals surface area contributed by atoms with Crippen molar-refractivity contribution in [1.29, 1.82) is 0 Å². The van der Waals surface area contributed by atoms with E-state index in [0.29, 0.717) is 5.92 Å². The second-order valence-corrected chi connectivity index (χ2v) is 7.41. The lowest BCUT2D eigenvalue weighted by molar-refractivity contribution is 0.296. The van der Waals surface area contributed by atoms with Crippen molar-refractivity contribution < 1.29 is 0 Å². The van der Waals surface area contributed by atoms with Gasteiger partial charge >= 0.3 is 0 Å². The van der Waals surface area contributed by atoms with Crippen molar-refractivity contribution in [2.24, 2.45) is 11.8 Å². The Kier molecular flexibility index (Phi) is 4.22. The van der Waals surface area contributed by atoms with Crippen LogP contribution in [0, 0.1) is 11.8 Å². The minimum atomic E-state index is 0.451. The molecule has 4 rings (SSSR count). The van der Waals surface area contributed by atoms with Crippen LogP contribution >= 0.6 is 0 Å². The number of fused-ring (bicyclic) bond motifs is 1. The summed E-state index contributed by atoms with van der Waals surface area (Å²) in [6.45, 7) is 11.1. The third-order valence-corrected chi connectivity index (χ3v) is 5.36. The number of likely N-dealkylation sites (tertiary alicyclic amines) is 1. The van der Waals surface area contributed by atoms with Gasteiger partial charge in [0, 0.05) is 56.9 Å². The van der Waals surface area contributed by atoms with Crippen molar-refractivity contribution in [1.82, 2.24) is 24.6 Å². The first kappa shape index (κ1) is 15.6. The van der Waals surface area contributed by atoms with Gasteiger partial charge in [0.15, 0.2) is 0 Å². The SMILES string of the molecule is CC(C)c1cc(N2CC3CN(CCn4cccn4)CC3C2)ncn1. The molecule has 128 valence electrons. The Morgan fingerprint density at radius 3 is 2.54 bits per heavy atom. The molecular formula is C18H26N6. The van der Waals surface area contributed by atoms with Crippen LogP contribution in [0.4, 0.5) is 5.82 Å². The summed E-state index contributed by atoms with van der Waals surface area (Å²) in [5.74, 6) is 3.08. The zero-order valence-corrected chi connectivity index (χ0v) is 14.5. The zero-order chi connectivity index (χ0) is 16.5. The Labute approximate surface area is 143 Å². The molecule has 2 fully saturated rings. The monoisotopic (exact) mass is 326 g/mol. The molecule has 0 N–H and O–H groups in total. The molecule has 2 aliphatic rings. The Hall–Kier alpha value is -1.95. The fraction of sp³-hybridized carbons (Fsp3) is 0.611. The number of nitrogens with zero attached hydrogens (tertiary/aromatic N) is 6. The molecule has 24 heavy (non-hydrogen) atoms. The number of anilines is 1. The van der Waals surface area contributed by atoms with E-state index in [-0.39, 0.29) is 0 Å². The van der Waals surface area contributed by atoms with E-state index >= 15 is 0 Å². The van der Waals surface area contributed by atoms with Gasteiger partial charge in [0.1, 0.15) is 12.1 Å². The summed E-state index contributed by atoms with van der Waals surface area (Å²) in [5, 5.41) is 4.29. The summed E-state index contributed by atoms with van der Waals surface area (Å²) in [6.07, 6.45) is 5.61. The lowest BCUT2D eigenvalue weighted by atomic mass is 10.0. The largest absolute Gasteiger partial charge is 0.356 e. The van der Waals surface area contributed by atoms with E-state index in [9.17, 15) is 0 Å². The van der Waals surface area contributed by atoms with Gasteiger partial charge in [-0.3, -0.25) is 4.68 Å². The van der Waals surface area contributed by atoms with Gasteiger partial charge in [-0.15, -0.1) is 0 Å². The molecule has 2 aromatic heterocycles. The fourth-order valence-corrected chi connectivity index (χ4v) is 3.99. The van der Waals surface area contributed by atoms with Crippen LogP contribution in [-0.4, -0.2) is 57.4 Å². The quantitative estimate of drug-likeness (QED) is 0.839. The first-order chi connectivity index (χ1) is 11.7. The maximum Gasteiger partial charge on any atom is 0.132 e. The lowest BCUT2D eigenvalue weighted by Gasteiger charge is -2.22. The lowest BCUT2D eigenvalue weighted by Crippen LogP contribution is -2.31. The molecule has 2 atom stereocenters. The molecule has 0 amide bonds. The van der Waals surface area contributed by atoms with E-state index < -0.39 is 0 Å². The molecule has 0 radical (unpaired) electrons. The van der Waals surface area contributed by atoms with Gasteiger partial charge in [-0.05, 0) is 23.8 Å². The van der Waals surface area contributed by atoms with Gasteiger partial charge in [0.05, 0.1) is 6.54 Å². The molecule has 4 heterocycles. The van der Waals surface area contributed by atoms with Crippen LogP contribution < -0.4 is 4.90 Å². The van der Waals surface area contributed by atoms with E-state index in [0.717, 1.165) is 49.5 Å². The highest BCUT2D eigenvalue weighted by Gasteiger charge is 2.40. The highest BCUT2D eigenvalue weighted by Crippen LogP contribution is 2.33. The minimum absolute atomic E-state index is 0.451. The van der Waals surface area contributed by atoms with Crippen molar-refractivity contribution in [2.45, 2.75) is 26.3 Å². The van der Waals surface area contributed by atoms with Crippen molar-refractivity contribution in [2.75, 3.05) is 37.6 Å². The topological polar surface area (TPSA) is 50.1 Å². The van der Waals surface area contributed by atoms with Gasteiger partial charge < -0.3 is 9.80 Å². The van der Waals surface area contributed by atoms with Crippen LogP contribution in [0.5, 0.6) is 0 Å².